The molecule has 1 aromatic heterocycles. The molecule has 1 heterocycles. The van der Waals surface area contributed by atoms with Crippen molar-refractivity contribution in [3.63, 3.8) is 0 Å². The van der Waals surface area contributed by atoms with Crippen LogP contribution in [0.5, 0.6) is 0 Å². The first-order chi connectivity index (χ1) is 9.31. The Labute approximate surface area is 139 Å². The van der Waals surface area contributed by atoms with Gasteiger partial charge in [-0.05, 0) is 52.9 Å². The Balaban J connectivity index is 2.36. The summed E-state index contributed by atoms with van der Waals surface area (Å²) in [4.78, 5) is 16.4. The zero-order chi connectivity index (χ0) is 15.0. The average molecular weight is 420 g/mol. The predicted octanol–water partition coefficient (Wildman–Crippen LogP) is 5.03. The van der Waals surface area contributed by atoms with Crippen LogP contribution in [0.2, 0.25) is 0 Å². The first-order valence-corrected chi connectivity index (χ1v) is 8.85. The van der Waals surface area contributed by atoms with Gasteiger partial charge in [-0.1, -0.05) is 41.1 Å². The lowest BCUT2D eigenvalue weighted by Crippen LogP contribution is -2.26. The summed E-state index contributed by atoms with van der Waals surface area (Å²) in [6.07, 6.45) is 0. The van der Waals surface area contributed by atoms with Gasteiger partial charge in [0.05, 0.1) is 15.0 Å². The van der Waals surface area contributed by atoms with Gasteiger partial charge in [-0.25, -0.2) is 4.98 Å². The highest BCUT2D eigenvalue weighted by atomic mass is 79.9. The molecule has 0 bridgehead atoms. The molecule has 20 heavy (non-hydrogen) atoms. The molecule has 1 aromatic carbocycles. The number of alkyl halides is 1. The number of benzene rings is 1. The number of carbonyl (C=O) groups excluding carboxylic acids is 1. The monoisotopic (exact) mass is 418 g/mol. The third-order valence-electron chi connectivity index (χ3n) is 3.19. The lowest BCUT2D eigenvalue weighted by Gasteiger charge is -2.11. The van der Waals surface area contributed by atoms with E-state index in [9.17, 15) is 4.79 Å². The zero-order valence-electron chi connectivity index (χ0n) is 11.8. The van der Waals surface area contributed by atoms with Gasteiger partial charge in [-0.15, -0.1) is 0 Å². The number of nitrogens with one attached hydrogen (secondary N) is 1. The molecule has 0 aliphatic carbocycles. The van der Waals surface area contributed by atoms with Gasteiger partial charge in [0.2, 0.25) is 5.91 Å². The van der Waals surface area contributed by atoms with Crippen LogP contribution in [0.3, 0.4) is 0 Å². The number of carbonyl (C=O) groups is 1. The van der Waals surface area contributed by atoms with Crippen LogP contribution in [-0.4, -0.2) is 15.7 Å². The SMILES string of the molecule is Cc1cc(Br)c2nc(NC(=O)C(Br)C(C)C)sc2c1C. The van der Waals surface area contributed by atoms with Crippen molar-refractivity contribution in [2.24, 2.45) is 5.92 Å². The van der Waals surface area contributed by atoms with Crippen LogP contribution < -0.4 is 5.32 Å². The smallest absolute Gasteiger partial charge is 0.240 e. The van der Waals surface area contributed by atoms with Crippen molar-refractivity contribution in [3.05, 3.63) is 21.7 Å². The van der Waals surface area contributed by atoms with E-state index in [1.54, 1.807) is 0 Å². The number of fused-ring (bicyclic) bond motifs is 1. The van der Waals surface area contributed by atoms with Crippen LogP contribution in [0.1, 0.15) is 25.0 Å². The van der Waals surface area contributed by atoms with Gasteiger partial charge in [0.25, 0.3) is 0 Å². The number of nitrogens with zero attached hydrogens (tertiary/aromatic N) is 1. The molecule has 3 nitrogen and oxygen atoms in total. The van der Waals surface area contributed by atoms with Crippen molar-refractivity contribution in [2.75, 3.05) is 5.32 Å². The Morgan fingerprint density at radius 2 is 2.05 bits per heavy atom. The highest BCUT2D eigenvalue weighted by Gasteiger charge is 2.20. The molecule has 2 aromatic rings. The topological polar surface area (TPSA) is 42.0 Å². The third kappa shape index (κ3) is 3.07. The lowest BCUT2D eigenvalue weighted by molar-refractivity contribution is -0.116. The van der Waals surface area contributed by atoms with Crippen molar-refractivity contribution in [2.45, 2.75) is 32.5 Å². The number of thiazole rings is 1. The minimum Gasteiger partial charge on any atom is -0.301 e. The minimum atomic E-state index is -0.208. The maximum Gasteiger partial charge on any atom is 0.240 e. The van der Waals surface area contributed by atoms with E-state index in [1.165, 1.54) is 22.5 Å². The fourth-order valence-electron chi connectivity index (χ4n) is 1.81. The Hall–Kier alpha value is -0.460. The average Bonchev–Trinajstić information content (AvgIpc) is 2.79. The number of amides is 1. The predicted molar refractivity (Wildman–Crippen MR) is 93.0 cm³/mol. The number of aromatic nitrogens is 1. The summed E-state index contributed by atoms with van der Waals surface area (Å²) in [6, 6.07) is 2.06. The summed E-state index contributed by atoms with van der Waals surface area (Å²) < 4.78 is 2.08. The minimum absolute atomic E-state index is 0.0513. The van der Waals surface area contributed by atoms with Gasteiger partial charge in [0.15, 0.2) is 5.13 Å². The van der Waals surface area contributed by atoms with E-state index in [4.69, 9.17) is 0 Å². The van der Waals surface area contributed by atoms with E-state index < -0.39 is 0 Å². The standard InChI is InChI=1S/C14H16Br2N2OS/c1-6(2)10(16)13(19)18-14-17-11-9(15)5-7(3)8(4)12(11)20-14/h5-6,10H,1-4H3,(H,17,18,19). The summed E-state index contributed by atoms with van der Waals surface area (Å²) in [5, 5.41) is 3.53. The number of hydrogen-bond acceptors (Lipinski definition) is 3. The van der Waals surface area contributed by atoms with Crippen LogP contribution in [0.25, 0.3) is 10.2 Å². The molecule has 0 fully saturated rings. The van der Waals surface area contributed by atoms with Crippen LogP contribution >= 0.6 is 43.2 Å². The normalized spacial score (nSPS) is 12.9. The van der Waals surface area contributed by atoms with Crippen molar-refractivity contribution >= 4 is 64.5 Å². The second kappa shape index (κ2) is 6.12. The summed E-state index contributed by atoms with van der Waals surface area (Å²) >= 11 is 8.46. The molecular weight excluding hydrogens is 404 g/mol. The first-order valence-electron chi connectivity index (χ1n) is 6.32. The van der Waals surface area contributed by atoms with E-state index >= 15 is 0 Å². The second-order valence-electron chi connectivity index (χ2n) is 5.13. The third-order valence-corrected chi connectivity index (χ3v) is 6.36. The highest BCUT2D eigenvalue weighted by molar-refractivity contribution is 9.10. The molecule has 0 aliphatic rings. The maximum atomic E-state index is 12.1. The van der Waals surface area contributed by atoms with Crippen molar-refractivity contribution in [1.82, 2.24) is 4.98 Å². The van der Waals surface area contributed by atoms with Gasteiger partial charge < -0.3 is 5.32 Å². The van der Waals surface area contributed by atoms with Crippen molar-refractivity contribution in [1.29, 1.82) is 0 Å². The summed E-state index contributed by atoms with van der Waals surface area (Å²) in [6.45, 7) is 8.16. The largest absolute Gasteiger partial charge is 0.301 e. The van der Waals surface area contributed by atoms with Crippen molar-refractivity contribution in [3.8, 4) is 0 Å². The van der Waals surface area contributed by atoms with Crippen LogP contribution in [0, 0.1) is 19.8 Å². The number of halogens is 2. The fourth-order valence-corrected chi connectivity index (χ4v) is 3.74. The highest BCUT2D eigenvalue weighted by Crippen LogP contribution is 2.35. The molecule has 0 spiro atoms. The lowest BCUT2D eigenvalue weighted by atomic mass is 10.1. The Morgan fingerprint density at radius 1 is 1.40 bits per heavy atom. The zero-order valence-corrected chi connectivity index (χ0v) is 15.7. The molecule has 0 aliphatic heterocycles. The molecule has 1 unspecified atom stereocenters. The van der Waals surface area contributed by atoms with Gasteiger partial charge in [0.1, 0.15) is 0 Å². The van der Waals surface area contributed by atoms with Crippen LogP contribution in [0.4, 0.5) is 5.13 Å². The van der Waals surface area contributed by atoms with E-state index in [0.717, 1.165) is 14.7 Å². The Bertz CT molecular complexity index is 667. The summed E-state index contributed by atoms with van der Waals surface area (Å²) in [5.74, 6) is 0.185. The second-order valence-corrected chi connectivity index (χ2v) is 7.97. The van der Waals surface area contributed by atoms with Gasteiger partial charge in [-0.2, -0.15) is 0 Å². The number of rotatable bonds is 3. The molecule has 1 N–H and O–H groups in total. The van der Waals surface area contributed by atoms with Crippen molar-refractivity contribution < 1.29 is 4.79 Å². The molecule has 2 rings (SSSR count). The molecular formula is C14H16Br2N2OS. The first kappa shape index (κ1) is 15.9. The van der Waals surface area contributed by atoms with Gasteiger partial charge in [-0.3, -0.25) is 4.79 Å². The Morgan fingerprint density at radius 3 is 2.65 bits per heavy atom. The fraction of sp³-hybridized carbons (Fsp3) is 0.429. The van der Waals surface area contributed by atoms with Gasteiger partial charge in [0, 0.05) is 4.47 Å². The molecule has 1 atom stereocenters. The summed E-state index contributed by atoms with van der Waals surface area (Å²) in [7, 11) is 0. The molecule has 0 saturated heterocycles. The molecule has 0 radical (unpaired) electrons. The quantitative estimate of drug-likeness (QED) is 0.708. The van der Waals surface area contributed by atoms with Crippen LogP contribution in [-0.2, 0) is 4.79 Å². The molecule has 0 saturated carbocycles. The van der Waals surface area contributed by atoms with E-state index in [-0.39, 0.29) is 16.7 Å². The maximum absolute atomic E-state index is 12.1. The van der Waals surface area contributed by atoms with Crippen LogP contribution in [0.15, 0.2) is 10.5 Å². The van der Waals surface area contributed by atoms with Gasteiger partial charge >= 0.3 is 0 Å². The van der Waals surface area contributed by atoms with E-state index in [1.807, 2.05) is 13.8 Å². The number of hydrogen-bond donors (Lipinski definition) is 1. The molecule has 108 valence electrons. The Kier molecular flexibility index (Phi) is 4.87. The molecule has 6 heteroatoms. The molecule has 1 amide bonds. The number of anilines is 1. The van der Waals surface area contributed by atoms with E-state index in [2.05, 4.69) is 62.1 Å². The summed E-state index contributed by atoms with van der Waals surface area (Å²) in [5.41, 5.74) is 3.33. The number of aryl methyl sites for hydroxylation is 2. The van der Waals surface area contributed by atoms with E-state index in [0.29, 0.717) is 5.13 Å².